The number of aliphatic hydroxyl groups is 1. The number of ether oxygens (including phenoxy) is 1. The van der Waals surface area contributed by atoms with Crippen molar-refractivity contribution in [1.29, 1.82) is 0 Å². The van der Waals surface area contributed by atoms with Crippen LogP contribution in [0.2, 0.25) is 0 Å². The van der Waals surface area contributed by atoms with Crippen LogP contribution >= 0.6 is 0 Å². The standard InChI is InChI=1S/C13H21N3O2/c1-9(17)10-4-3-5-16(8-10)11-7-15-13(14)6-12(11)18-2/h6-7,9-10,17H,3-5,8H2,1-2H3,(H2,14,15)/t9-,10-/m1/s1. The lowest BCUT2D eigenvalue weighted by Crippen LogP contribution is -2.39. The summed E-state index contributed by atoms with van der Waals surface area (Å²) >= 11 is 0. The van der Waals surface area contributed by atoms with Crippen molar-refractivity contribution < 1.29 is 9.84 Å². The van der Waals surface area contributed by atoms with Gasteiger partial charge < -0.3 is 20.5 Å². The minimum absolute atomic E-state index is 0.277. The minimum atomic E-state index is -0.277. The quantitative estimate of drug-likeness (QED) is 0.846. The normalized spacial score (nSPS) is 21.7. The first-order chi connectivity index (χ1) is 8.61. The van der Waals surface area contributed by atoms with Crippen LogP contribution in [-0.2, 0) is 0 Å². The number of pyridine rings is 1. The summed E-state index contributed by atoms with van der Waals surface area (Å²) in [5.41, 5.74) is 6.61. The lowest BCUT2D eigenvalue weighted by Gasteiger charge is -2.36. The smallest absolute Gasteiger partial charge is 0.147 e. The van der Waals surface area contributed by atoms with Gasteiger partial charge in [-0.25, -0.2) is 4.98 Å². The average molecular weight is 251 g/mol. The van der Waals surface area contributed by atoms with E-state index in [1.54, 1.807) is 19.4 Å². The van der Waals surface area contributed by atoms with Gasteiger partial charge in [-0.2, -0.15) is 0 Å². The first-order valence-electron chi connectivity index (χ1n) is 6.34. The van der Waals surface area contributed by atoms with Crippen molar-refractivity contribution in [2.45, 2.75) is 25.9 Å². The number of methoxy groups -OCH3 is 1. The summed E-state index contributed by atoms with van der Waals surface area (Å²) in [6, 6.07) is 1.74. The summed E-state index contributed by atoms with van der Waals surface area (Å²) in [5.74, 6) is 1.51. The molecule has 2 rings (SSSR count). The van der Waals surface area contributed by atoms with Crippen LogP contribution in [0.5, 0.6) is 5.75 Å². The maximum absolute atomic E-state index is 9.72. The molecule has 1 aliphatic heterocycles. The molecule has 1 aromatic heterocycles. The highest BCUT2D eigenvalue weighted by Gasteiger charge is 2.25. The van der Waals surface area contributed by atoms with Gasteiger partial charge in [0, 0.05) is 25.1 Å². The number of hydrogen-bond donors (Lipinski definition) is 2. The van der Waals surface area contributed by atoms with Crippen LogP contribution in [0.15, 0.2) is 12.3 Å². The zero-order valence-electron chi connectivity index (χ0n) is 11.0. The van der Waals surface area contributed by atoms with Crippen LogP contribution in [0.3, 0.4) is 0 Å². The van der Waals surface area contributed by atoms with E-state index < -0.39 is 0 Å². The van der Waals surface area contributed by atoms with Crippen molar-refractivity contribution >= 4 is 11.5 Å². The third-order valence-corrected chi connectivity index (χ3v) is 3.57. The number of anilines is 2. The van der Waals surface area contributed by atoms with Crippen molar-refractivity contribution in [2.75, 3.05) is 30.8 Å². The van der Waals surface area contributed by atoms with E-state index in [0.717, 1.165) is 37.4 Å². The van der Waals surface area contributed by atoms with Gasteiger partial charge in [0.1, 0.15) is 11.6 Å². The third kappa shape index (κ3) is 2.67. The molecule has 3 N–H and O–H groups in total. The highest BCUT2D eigenvalue weighted by Crippen LogP contribution is 2.32. The number of hydrogen-bond acceptors (Lipinski definition) is 5. The molecule has 1 aromatic rings. The molecule has 18 heavy (non-hydrogen) atoms. The van der Waals surface area contributed by atoms with Crippen LogP contribution in [-0.4, -0.2) is 36.4 Å². The van der Waals surface area contributed by atoms with E-state index in [1.165, 1.54) is 0 Å². The van der Waals surface area contributed by atoms with Crippen LogP contribution in [0.4, 0.5) is 11.5 Å². The average Bonchev–Trinajstić information content (AvgIpc) is 2.38. The van der Waals surface area contributed by atoms with Gasteiger partial charge in [0.2, 0.25) is 0 Å². The van der Waals surface area contributed by atoms with Gasteiger partial charge in [0.25, 0.3) is 0 Å². The minimum Gasteiger partial charge on any atom is -0.494 e. The van der Waals surface area contributed by atoms with E-state index >= 15 is 0 Å². The van der Waals surface area contributed by atoms with Crippen LogP contribution in [0, 0.1) is 5.92 Å². The summed E-state index contributed by atoms with van der Waals surface area (Å²) < 4.78 is 5.35. The van der Waals surface area contributed by atoms with E-state index in [4.69, 9.17) is 10.5 Å². The monoisotopic (exact) mass is 251 g/mol. The second-order valence-corrected chi connectivity index (χ2v) is 4.87. The fourth-order valence-corrected chi connectivity index (χ4v) is 2.47. The summed E-state index contributed by atoms with van der Waals surface area (Å²) in [7, 11) is 1.63. The molecule has 1 aliphatic rings. The predicted molar refractivity (Wildman–Crippen MR) is 71.8 cm³/mol. The largest absolute Gasteiger partial charge is 0.494 e. The van der Waals surface area contributed by atoms with E-state index in [-0.39, 0.29) is 6.10 Å². The lowest BCUT2D eigenvalue weighted by molar-refractivity contribution is 0.115. The molecule has 0 radical (unpaired) electrons. The molecule has 0 amide bonds. The van der Waals surface area contributed by atoms with Gasteiger partial charge in [0.15, 0.2) is 0 Å². The molecular formula is C13H21N3O2. The molecule has 5 heteroatoms. The molecule has 0 unspecified atom stereocenters. The number of rotatable bonds is 3. The Morgan fingerprint density at radius 2 is 2.39 bits per heavy atom. The van der Waals surface area contributed by atoms with Gasteiger partial charge >= 0.3 is 0 Å². The zero-order valence-corrected chi connectivity index (χ0v) is 11.0. The SMILES string of the molecule is COc1cc(N)ncc1N1CCC[C@@H]([C@@H](C)O)C1. The number of nitrogens with zero attached hydrogens (tertiary/aromatic N) is 2. The number of nitrogen functional groups attached to an aromatic ring is 1. The Balaban J connectivity index is 2.20. The Labute approximate surface area is 108 Å². The molecule has 2 atom stereocenters. The first-order valence-corrected chi connectivity index (χ1v) is 6.34. The lowest BCUT2D eigenvalue weighted by atomic mass is 9.93. The second kappa shape index (κ2) is 5.44. The Kier molecular flexibility index (Phi) is 3.91. The van der Waals surface area contributed by atoms with Gasteiger partial charge in [-0.1, -0.05) is 0 Å². The predicted octanol–water partition coefficient (Wildman–Crippen LogP) is 1.27. The fraction of sp³-hybridized carbons (Fsp3) is 0.615. The van der Waals surface area contributed by atoms with E-state index in [2.05, 4.69) is 9.88 Å². The van der Waals surface area contributed by atoms with Gasteiger partial charge in [-0.05, 0) is 19.8 Å². The van der Waals surface area contributed by atoms with Crippen LogP contribution in [0.1, 0.15) is 19.8 Å². The molecule has 0 aromatic carbocycles. The van der Waals surface area contributed by atoms with Crippen LogP contribution in [0.25, 0.3) is 0 Å². The molecule has 2 heterocycles. The van der Waals surface area contributed by atoms with Crippen molar-refractivity contribution in [1.82, 2.24) is 4.98 Å². The zero-order chi connectivity index (χ0) is 13.1. The van der Waals surface area contributed by atoms with E-state index in [9.17, 15) is 5.11 Å². The Bertz CT molecular complexity index is 409. The van der Waals surface area contributed by atoms with Crippen molar-refractivity contribution in [3.05, 3.63) is 12.3 Å². The Morgan fingerprint density at radius 1 is 1.61 bits per heavy atom. The summed E-state index contributed by atoms with van der Waals surface area (Å²) in [4.78, 5) is 6.34. The summed E-state index contributed by atoms with van der Waals surface area (Å²) in [6.07, 6.45) is 3.61. The maximum atomic E-state index is 9.72. The molecule has 1 fully saturated rings. The summed E-state index contributed by atoms with van der Waals surface area (Å²) in [6.45, 7) is 3.65. The number of piperidine rings is 1. The topological polar surface area (TPSA) is 71.6 Å². The van der Waals surface area contributed by atoms with Gasteiger partial charge in [0.05, 0.1) is 25.1 Å². The fourth-order valence-electron chi connectivity index (χ4n) is 2.47. The molecule has 0 spiro atoms. The van der Waals surface area contributed by atoms with Gasteiger partial charge in [-0.15, -0.1) is 0 Å². The van der Waals surface area contributed by atoms with Gasteiger partial charge in [-0.3, -0.25) is 0 Å². The first kappa shape index (κ1) is 13.0. The highest BCUT2D eigenvalue weighted by atomic mass is 16.5. The molecule has 0 aliphatic carbocycles. The molecule has 0 saturated carbocycles. The molecule has 5 nitrogen and oxygen atoms in total. The number of nitrogens with two attached hydrogens (primary N) is 1. The number of aromatic nitrogens is 1. The van der Waals surface area contributed by atoms with E-state index in [0.29, 0.717) is 11.7 Å². The molecule has 100 valence electrons. The Hall–Kier alpha value is -1.49. The molecule has 1 saturated heterocycles. The second-order valence-electron chi connectivity index (χ2n) is 4.87. The molecule has 0 bridgehead atoms. The third-order valence-electron chi connectivity index (χ3n) is 3.57. The van der Waals surface area contributed by atoms with Crippen molar-refractivity contribution in [3.63, 3.8) is 0 Å². The molecular weight excluding hydrogens is 230 g/mol. The Morgan fingerprint density at radius 3 is 3.06 bits per heavy atom. The van der Waals surface area contributed by atoms with Crippen molar-refractivity contribution in [3.8, 4) is 5.75 Å². The van der Waals surface area contributed by atoms with Crippen LogP contribution < -0.4 is 15.4 Å². The summed E-state index contributed by atoms with van der Waals surface area (Å²) in [5, 5.41) is 9.72. The van der Waals surface area contributed by atoms with Crippen molar-refractivity contribution in [2.24, 2.45) is 5.92 Å². The maximum Gasteiger partial charge on any atom is 0.147 e. The number of aliphatic hydroxyl groups excluding tert-OH is 1. The highest BCUT2D eigenvalue weighted by molar-refractivity contribution is 5.60. The van der Waals surface area contributed by atoms with E-state index in [1.807, 2.05) is 6.92 Å².